The number of aromatic nitrogens is 2. The number of benzene rings is 1. The molecule has 4 rings (SSSR count). The van der Waals surface area contributed by atoms with E-state index in [4.69, 9.17) is 4.98 Å². The summed E-state index contributed by atoms with van der Waals surface area (Å²) in [7, 11) is 0. The Balaban J connectivity index is 1.81. The van der Waals surface area contributed by atoms with Crippen LogP contribution in [0.3, 0.4) is 0 Å². The topological polar surface area (TPSA) is 37.8 Å². The first-order valence-electron chi connectivity index (χ1n) is 7.03. The Bertz CT molecular complexity index is 632. The molecule has 3 nitrogen and oxygen atoms in total. The molecule has 1 saturated carbocycles. The summed E-state index contributed by atoms with van der Waals surface area (Å²) in [6, 6.07) is 9.20. The molecule has 1 aromatic carbocycles. The average molecular weight is 251 g/mol. The van der Waals surface area contributed by atoms with E-state index in [1.54, 1.807) is 0 Å². The number of rotatable bonds is 2. The fourth-order valence-electron chi connectivity index (χ4n) is 2.85. The highest BCUT2D eigenvalue weighted by Crippen LogP contribution is 2.38. The van der Waals surface area contributed by atoms with Crippen LogP contribution in [0, 0.1) is 0 Å². The van der Waals surface area contributed by atoms with Crippen LogP contribution in [0.4, 0.5) is 5.95 Å². The van der Waals surface area contributed by atoms with Crippen LogP contribution in [0.1, 0.15) is 36.8 Å². The minimum Gasteiger partial charge on any atom is -0.351 e. The highest BCUT2D eigenvalue weighted by Gasteiger charge is 2.25. The van der Waals surface area contributed by atoms with Crippen molar-refractivity contribution < 1.29 is 0 Å². The van der Waals surface area contributed by atoms with Crippen LogP contribution in [0.25, 0.3) is 11.3 Å². The maximum atomic E-state index is 4.75. The summed E-state index contributed by atoms with van der Waals surface area (Å²) in [5, 5.41) is 3.39. The molecule has 0 bridgehead atoms. The number of nitrogens with zero attached hydrogens (tertiary/aromatic N) is 2. The molecule has 96 valence electrons. The average Bonchev–Trinajstić information content (AvgIpc) is 3.24. The summed E-state index contributed by atoms with van der Waals surface area (Å²) in [6.07, 6.45) is 5.53. The summed E-state index contributed by atoms with van der Waals surface area (Å²) in [4.78, 5) is 9.20. The standard InChI is InChI=1S/C16H17N3/c1-10-8-11-9-17-16(18-12-6-7-12)19-15(11)14-5-3-2-4-13(10)14/h2-5,9-10,12H,6-8H2,1H3,(H,17,18,19). The lowest BCUT2D eigenvalue weighted by Gasteiger charge is -2.24. The van der Waals surface area contributed by atoms with Crippen LogP contribution < -0.4 is 5.32 Å². The Morgan fingerprint density at radius 2 is 2.05 bits per heavy atom. The zero-order chi connectivity index (χ0) is 12.8. The first kappa shape index (κ1) is 11.0. The maximum absolute atomic E-state index is 4.75. The van der Waals surface area contributed by atoms with Gasteiger partial charge in [-0.1, -0.05) is 31.2 Å². The molecule has 1 unspecified atom stereocenters. The molecule has 0 saturated heterocycles. The van der Waals surface area contributed by atoms with Crippen LogP contribution >= 0.6 is 0 Å². The predicted molar refractivity (Wildman–Crippen MR) is 76.2 cm³/mol. The molecule has 0 aliphatic heterocycles. The largest absolute Gasteiger partial charge is 0.351 e. The molecule has 0 radical (unpaired) electrons. The second kappa shape index (κ2) is 4.05. The van der Waals surface area contributed by atoms with E-state index >= 15 is 0 Å². The molecule has 2 aliphatic rings. The lowest BCUT2D eigenvalue weighted by molar-refractivity contribution is 0.740. The van der Waals surface area contributed by atoms with E-state index in [2.05, 4.69) is 41.5 Å². The number of hydrogen-bond donors (Lipinski definition) is 1. The third-order valence-electron chi connectivity index (χ3n) is 4.05. The van der Waals surface area contributed by atoms with Crippen molar-refractivity contribution >= 4 is 5.95 Å². The lowest BCUT2D eigenvalue weighted by Crippen LogP contribution is -2.13. The van der Waals surface area contributed by atoms with Gasteiger partial charge in [0.05, 0.1) is 5.69 Å². The van der Waals surface area contributed by atoms with Crippen molar-refractivity contribution in [3.05, 3.63) is 41.6 Å². The Kier molecular flexibility index (Phi) is 2.34. The molecule has 2 aromatic rings. The Labute approximate surface area is 113 Å². The summed E-state index contributed by atoms with van der Waals surface area (Å²) in [5.74, 6) is 1.33. The highest BCUT2D eigenvalue weighted by atomic mass is 15.1. The molecule has 3 heteroatoms. The van der Waals surface area contributed by atoms with Gasteiger partial charge in [-0.15, -0.1) is 0 Å². The van der Waals surface area contributed by atoms with Gasteiger partial charge in [0, 0.05) is 17.8 Å². The van der Waals surface area contributed by atoms with Crippen molar-refractivity contribution in [3.8, 4) is 11.3 Å². The molecule has 1 atom stereocenters. The molecule has 2 aliphatic carbocycles. The first-order chi connectivity index (χ1) is 9.31. The molecular formula is C16H17N3. The monoisotopic (exact) mass is 251 g/mol. The highest BCUT2D eigenvalue weighted by molar-refractivity contribution is 5.71. The van der Waals surface area contributed by atoms with Gasteiger partial charge >= 0.3 is 0 Å². The van der Waals surface area contributed by atoms with Crippen molar-refractivity contribution in [3.63, 3.8) is 0 Å². The first-order valence-corrected chi connectivity index (χ1v) is 7.03. The molecule has 1 heterocycles. The van der Waals surface area contributed by atoms with Crippen LogP contribution in [-0.2, 0) is 6.42 Å². The normalized spacial score (nSPS) is 20.6. The smallest absolute Gasteiger partial charge is 0.223 e. The van der Waals surface area contributed by atoms with Crippen molar-refractivity contribution in [2.45, 2.75) is 38.1 Å². The van der Waals surface area contributed by atoms with Gasteiger partial charge in [-0.05, 0) is 36.3 Å². The van der Waals surface area contributed by atoms with Crippen molar-refractivity contribution in [2.24, 2.45) is 0 Å². The van der Waals surface area contributed by atoms with E-state index < -0.39 is 0 Å². The van der Waals surface area contributed by atoms with Gasteiger partial charge in [-0.25, -0.2) is 9.97 Å². The van der Waals surface area contributed by atoms with Crippen LogP contribution in [0.15, 0.2) is 30.5 Å². The molecule has 1 N–H and O–H groups in total. The van der Waals surface area contributed by atoms with Crippen LogP contribution in [-0.4, -0.2) is 16.0 Å². The van der Waals surface area contributed by atoms with Gasteiger partial charge < -0.3 is 5.32 Å². The van der Waals surface area contributed by atoms with Gasteiger partial charge in [-0.3, -0.25) is 0 Å². The zero-order valence-corrected chi connectivity index (χ0v) is 11.1. The van der Waals surface area contributed by atoms with Crippen molar-refractivity contribution in [1.82, 2.24) is 9.97 Å². The summed E-state index contributed by atoms with van der Waals surface area (Å²) in [5.41, 5.74) is 5.07. The summed E-state index contributed by atoms with van der Waals surface area (Å²) in [6.45, 7) is 2.28. The number of fused-ring (bicyclic) bond motifs is 3. The van der Waals surface area contributed by atoms with Crippen molar-refractivity contribution in [1.29, 1.82) is 0 Å². The van der Waals surface area contributed by atoms with E-state index in [1.807, 2.05) is 6.20 Å². The van der Waals surface area contributed by atoms with Crippen LogP contribution in [0.2, 0.25) is 0 Å². The Morgan fingerprint density at radius 1 is 1.21 bits per heavy atom. The number of anilines is 1. The molecule has 1 fully saturated rings. The van der Waals surface area contributed by atoms with Crippen molar-refractivity contribution in [2.75, 3.05) is 5.32 Å². The molecule has 1 aromatic heterocycles. The lowest BCUT2D eigenvalue weighted by atomic mass is 9.83. The molecular weight excluding hydrogens is 234 g/mol. The Hall–Kier alpha value is -1.90. The van der Waals surface area contributed by atoms with Gasteiger partial charge in [0.2, 0.25) is 5.95 Å². The van der Waals surface area contributed by atoms with E-state index in [-0.39, 0.29) is 0 Å². The van der Waals surface area contributed by atoms with E-state index in [9.17, 15) is 0 Å². The second-order valence-electron chi connectivity index (χ2n) is 5.68. The third kappa shape index (κ3) is 1.89. The van der Waals surface area contributed by atoms with Gasteiger partial charge in [0.25, 0.3) is 0 Å². The third-order valence-corrected chi connectivity index (χ3v) is 4.05. The fourth-order valence-corrected chi connectivity index (χ4v) is 2.85. The quantitative estimate of drug-likeness (QED) is 0.889. The van der Waals surface area contributed by atoms with Crippen LogP contribution in [0.5, 0.6) is 0 Å². The van der Waals surface area contributed by atoms with E-state index in [1.165, 1.54) is 29.5 Å². The van der Waals surface area contributed by atoms with Gasteiger partial charge in [0.15, 0.2) is 0 Å². The maximum Gasteiger partial charge on any atom is 0.223 e. The predicted octanol–water partition coefficient (Wildman–Crippen LogP) is 3.38. The summed E-state index contributed by atoms with van der Waals surface area (Å²) < 4.78 is 0. The number of nitrogens with one attached hydrogen (secondary N) is 1. The SMILES string of the molecule is CC1Cc2cnc(NC3CC3)nc2-c2ccccc21. The zero-order valence-electron chi connectivity index (χ0n) is 11.1. The minimum absolute atomic E-state index is 0.551. The van der Waals surface area contributed by atoms with Gasteiger partial charge in [0.1, 0.15) is 0 Å². The fraction of sp³-hybridized carbons (Fsp3) is 0.375. The summed E-state index contributed by atoms with van der Waals surface area (Å²) >= 11 is 0. The number of hydrogen-bond acceptors (Lipinski definition) is 3. The molecule has 0 spiro atoms. The Morgan fingerprint density at radius 3 is 2.89 bits per heavy atom. The van der Waals surface area contributed by atoms with Gasteiger partial charge in [-0.2, -0.15) is 0 Å². The van der Waals surface area contributed by atoms with E-state index in [0.717, 1.165) is 18.1 Å². The minimum atomic E-state index is 0.551. The molecule has 0 amide bonds. The second-order valence-corrected chi connectivity index (χ2v) is 5.68. The van der Waals surface area contributed by atoms with E-state index in [0.29, 0.717) is 12.0 Å². The molecule has 19 heavy (non-hydrogen) atoms.